The standard InChI is InChI=1S/C8H13N5/c1-7-6-8(10-9-7)11-12-13-4-2-3-5-13/h6H,2-5H2,1H3,(H,9,10). The van der Waals surface area contributed by atoms with Crippen molar-refractivity contribution in [1.82, 2.24) is 15.2 Å². The molecule has 0 radical (unpaired) electrons. The fraction of sp³-hybridized carbons (Fsp3) is 0.625. The monoisotopic (exact) mass is 179 g/mol. The molecule has 0 aliphatic carbocycles. The van der Waals surface area contributed by atoms with E-state index in [1.807, 2.05) is 18.0 Å². The van der Waals surface area contributed by atoms with E-state index in [0.717, 1.165) is 18.8 Å². The first kappa shape index (κ1) is 8.22. The van der Waals surface area contributed by atoms with Crippen LogP contribution in [0.3, 0.4) is 0 Å². The Morgan fingerprint density at radius 3 is 2.85 bits per heavy atom. The van der Waals surface area contributed by atoms with E-state index in [9.17, 15) is 0 Å². The van der Waals surface area contributed by atoms with Crippen molar-refractivity contribution in [2.24, 2.45) is 10.3 Å². The van der Waals surface area contributed by atoms with Crippen LogP contribution < -0.4 is 0 Å². The van der Waals surface area contributed by atoms with E-state index in [4.69, 9.17) is 0 Å². The lowest BCUT2D eigenvalue weighted by Gasteiger charge is -2.05. The van der Waals surface area contributed by atoms with Crippen LogP contribution >= 0.6 is 0 Å². The molecule has 0 bridgehead atoms. The van der Waals surface area contributed by atoms with Crippen LogP contribution in [0.4, 0.5) is 5.82 Å². The highest BCUT2D eigenvalue weighted by molar-refractivity contribution is 5.25. The summed E-state index contributed by atoms with van der Waals surface area (Å²) in [5.41, 5.74) is 1.01. The maximum Gasteiger partial charge on any atom is 0.197 e. The van der Waals surface area contributed by atoms with Crippen LogP contribution in [0, 0.1) is 6.92 Å². The molecule has 0 unspecified atom stereocenters. The molecule has 70 valence electrons. The normalized spacial score (nSPS) is 17.5. The summed E-state index contributed by atoms with van der Waals surface area (Å²) >= 11 is 0. The number of aromatic amines is 1. The highest BCUT2D eigenvalue weighted by Crippen LogP contribution is 2.12. The molecule has 13 heavy (non-hydrogen) atoms. The number of nitrogens with zero attached hydrogens (tertiary/aromatic N) is 4. The summed E-state index contributed by atoms with van der Waals surface area (Å²) in [6.07, 6.45) is 2.44. The first-order chi connectivity index (χ1) is 6.34. The molecule has 2 heterocycles. The van der Waals surface area contributed by atoms with Gasteiger partial charge in [0.1, 0.15) is 0 Å². The largest absolute Gasteiger partial charge is 0.281 e. The van der Waals surface area contributed by atoms with Gasteiger partial charge in [-0.3, -0.25) is 10.1 Å². The van der Waals surface area contributed by atoms with Gasteiger partial charge < -0.3 is 0 Å². The fourth-order valence-electron chi connectivity index (χ4n) is 1.35. The van der Waals surface area contributed by atoms with Gasteiger partial charge in [-0.15, -0.1) is 5.11 Å². The molecule has 1 aromatic heterocycles. The molecule has 0 saturated carbocycles. The zero-order chi connectivity index (χ0) is 9.10. The van der Waals surface area contributed by atoms with E-state index in [2.05, 4.69) is 20.5 Å². The zero-order valence-electron chi connectivity index (χ0n) is 7.69. The van der Waals surface area contributed by atoms with E-state index < -0.39 is 0 Å². The number of hydrogen-bond donors (Lipinski definition) is 1. The van der Waals surface area contributed by atoms with Crippen molar-refractivity contribution in [3.05, 3.63) is 11.8 Å². The van der Waals surface area contributed by atoms with E-state index in [1.54, 1.807) is 0 Å². The van der Waals surface area contributed by atoms with Gasteiger partial charge in [-0.05, 0) is 19.8 Å². The lowest BCUT2D eigenvalue weighted by Crippen LogP contribution is -2.09. The minimum Gasteiger partial charge on any atom is -0.281 e. The number of rotatable bonds is 2. The molecule has 0 atom stereocenters. The second-order valence-corrected chi connectivity index (χ2v) is 3.26. The van der Waals surface area contributed by atoms with Crippen LogP contribution in [0.2, 0.25) is 0 Å². The van der Waals surface area contributed by atoms with Gasteiger partial charge in [0, 0.05) is 24.8 Å². The van der Waals surface area contributed by atoms with Crippen LogP contribution in [0.1, 0.15) is 18.5 Å². The van der Waals surface area contributed by atoms with Crippen LogP contribution in [0.5, 0.6) is 0 Å². The Morgan fingerprint density at radius 1 is 1.46 bits per heavy atom. The summed E-state index contributed by atoms with van der Waals surface area (Å²) in [5.74, 6) is 0.657. The van der Waals surface area contributed by atoms with Crippen LogP contribution in [-0.2, 0) is 0 Å². The minimum absolute atomic E-state index is 0.657. The average Bonchev–Trinajstić information content (AvgIpc) is 2.71. The maximum atomic E-state index is 4.08. The predicted molar refractivity (Wildman–Crippen MR) is 48.6 cm³/mol. The van der Waals surface area contributed by atoms with Crippen LogP contribution in [0.25, 0.3) is 0 Å². The Morgan fingerprint density at radius 2 is 2.23 bits per heavy atom. The number of hydrogen-bond acceptors (Lipinski definition) is 3. The second kappa shape index (κ2) is 3.55. The molecule has 2 rings (SSSR count). The molecular weight excluding hydrogens is 166 g/mol. The Hall–Kier alpha value is -1.39. The molecule has 5 nitrogen and oxygen atoms in total. The highest BCUT2D eigenvalue weighted by Gasteiger charge is 2.08. The second-order valence-electron chi connectivity index (χ2n) is 3.26. The van der Waals surface area contributed by atoms with E-state index >= 15 is 0 Å². The highest BCUT2D eigenvalue weighted by atomic mass is 15.5. The molecule has 5 heteroatoms. The van der Waals surface area contributed by atoms with Crippen LogP contribution in [-0.4, -0.2) is 28.3 Å². The third-order valence-electron chi connectivity index (χ3n) is 2.05. The summed E-state index contributed by atoms with van der Waals surface area (Å²) < 4.78 is 0. The summed E-state index contributed by atoms with van der Waals surface area (Å²) in [7, 11) is 0. The van der Waals surface area contributed by atoms with Crippen LogP contribution in [0.15, 0.2) is 16.4 Å². The summed E-state index contributed by atoms with van der Waals surface area (Å²) in [6, 6.07) is 1.87. The quantitative estimate of drug-likeness (QED) is 0.704. The smallest absolute Gasteiger partial charge is 0.197 e. The predicted octanol–water partition coefficient (Wildman–Crippen LogP) is 1.81. The molecule has 1 aliphatic rings. The third kappa shape index (κ3) is 2.05. The van der Waals surface area contributed by atoms with E-state index in [-0.39, 0.29) is 0 Å². The Balaban J connectivity index is 1.96. The van der Waals surface area contributed by atoms with Crippen molar-refractivity contribution in [1.29, 1.82) is 0 Å². The van der Waals surface area contributed by atoms with Gasteiger partial charge >= 0.3 is 0 Å². The Kier molecular flexibility index (Phi) is 2.25. The van der Waals surface area contributed by atoms with E-state index in [1.165, 1.54) is 12.8 Å². The summed E-state index contributed by atoms with van der Waals surface area (Å²) in [4.78, 5) is 0. The number of nitrogens with one attached hydrogen (secondary N) is 1. The maximum absolute atomic E-state index is 4.08. The number of aromatic nitrogens is 2. The molecule has 0 amide bonds. The molecule has 1 N–H and O–H groups in total. The molecular formula is C8H13N5. The average molecular weight is 179 g/mol. The van der Waals surface area contributed by atoms with Gasteiger partial charge in [0.25, 0.3) is 0 Å². The number of H-pyrrole nitrogens is 1. The van der Waals surface area contributed by atoms with Crippen molar-refractivity contribution in [2.45, 2.75) is 19.8 Å². The molecule has 1 saturated heterocycles. The minimum atomic E-state index is 0.657. The Bertz CT molecular complexity index is 297. The van der Waals surface area contributed by atoms with Gasteiger partial charge in [-0.25, -0.2) is 0 Å². The Labute approximate surface area is 76.8 Å². The molecule has 1 aliphatic heterocycles. The lowest BCUT2D eigenvalue weighted by atomic mass is 10.4. The summed E-state index contributed by atoms with van der Waals surface area (Å²) in [5, 5.41) is 16.9. The number of aryl methyl sites for hydroxylation is 1. The SMILES string of the molecule is Cc1cc(N=NN2CCCC2)n[nH]1. The summed E-state index contributed by atoms with van der Waals surface area (Å²) in [6.45, 7) is 3.99. The third-order valence-corrected chi connectivity index (χ3v) is 2.05. The first-order valence-corrected chi connectivity index (χ1v) is 4.53. The molecule has 0 aromatic carbocycles. The topological polar surface area (TPSA) is 56.6 Å². The zero-order valence-corrected chi connectivity index (χ0v) is 7.69. The molecule has 1 aromatic rings. The van der Waals surface area contributed by atoms with Gasteiger partial charge in [0.05, 0.1) is 0 Å². The van der Waals surface area contributed by atoms with Gasteiger partial charge in [-0.2, -0.15) is 5.10 Å². The van der Waals surface area contributed by atoms with Gasteiger partial charge in [-0.1, -0.05) is 5.22 Å². The van der Waals surface area contributed by atoms with Crippen molar-refractivity contribution in [2.75, 3.05) is 13.1 Å². The van der Waals surface area contributed by atoms with Gasteiger partial charge in [0.2, 0.25) is 0 Å². The van der Waals surface area contributed by atoms with Crippen molar-refractivity contribution in [3.8, 4) is 0 Å². The van der Waals surface area contributed by atoms with Gasteiger partial charge in [0.15, 0.2) is 5.82 Å². The fourth-order valence-corrected chi connectivity index (χ4v) is 1.35. The van der Waals surface area contributed by atoms with Crippen molar-refractivity contribution in [3.63, 3.8) is 0 Å². The van der Waals surface area contributed by atoms with Crippen molar-refractivity contribution >= 4 is 5.82 Å². The van der Waals surface area contributed by atoms with Crippen molar-refractivity contribution < 1.29 is 0 Å². The molecule has 0 spiro atoms. The molecule has 1 fully saturated rings. The lowest BCUT2D eigenvalue weighted by molar-refractivity contribution is 0.336. The van der Waals surface area contributed by atoms with E-state index in [0.29, 0.717) is 5.82 Å². The first-order valence-electron chi connectivity index (χ1n) is 4.53.